The molecule has 102 valence electrons. The molecule has 0 aromatic heterocycles. The first kappa shape index (κ1) is 14.8. The minimum absolute atomic E-state index is 0.107. The average molecular weight is 252 g/mol. The fraction of sp³-hybridized carbons (Fsp3) is 0.571. The zero-order chi connectivity index (χ0) is 13.6. The molecule has 4 heteroatoms. The highest BCUT2D eigenvalue weighted by atomic mass is 16.5. The van der Waals surface area contributed by atoms with Crippen LogP contribution < -0.4 is 15.4 Å². The number of benzene rings is 1. The molecule has 1 aromatic rings. The Balaban J connectivity index is 2.84. The summed E-state index contributed by atoms with van der Waals surface area (Å²) >= 11 is 0. The second-order valence-electron chi connectivity index (χ2n) is 4.70. The summed E-state index contributed by atoms with van der Waals surface area (Å²) in [5.41, 5.74) is 6.94. The highest BCUT2D eigenvalue weighted by molar-refractivity contribution is 5.50. The number of hydrogen-bond acceptors (Lipinski definition) is 4. The number of anilines is 1. The van der Waals surface area contributed by atoms with Gasteiger partial charge in [0.2, 0.25) is 0 Å². The van der Waals surface area contributed by atoms with Gasteiger partial charge in [0.05, 0.1) is 12.6 Å². The average Bonchev–Trinajstić information content (AvgIpc) is 2.44. The SMILES string of the molecule is COCCC(C)(CN)N(C)c1ccc(OC)cc1. The summed E-state index contributed by atoms with van der Waals surface area (Å²) in [6.07, 6.45) is 0.891. The van der Waals surface area contributed by atoms with Crippen molar-refractivity contribution >= 4 is 5.69 Å². The summed E-state index contributed by atoms with van der Waals surface area (Å²) in [7, 11) is 5.44. The molecule has 0 aliphatic heterocycles. The van der Waals surface area contributed by atoms with E-state index < -0.39 is 0 Å². The largest absolute Gasteiger partial charge is 0.497 e. The van der Waals surface area contributed by atoms with E-state index in [1.807, 2.05) is 24.3 Å². The van der Waals surface area contributed by atoms with E-state index in [2.05, 4.69) is 18.9 Å². The molecule has 2 N–H and O–H groups in total. The number of hydrogen-bond donors (Lipinski definition) is 1. The molecule has 0 spiro atoms. The Morgan fingerprint density at radius 1 is 1.22 bits per heavy atom. The maximum atomic E-state index is 5.92. The molecule has 0 saturated heterocycles. The van der Waals surface area contributed by atoms with Gasteiger partial charge in [0, 0.05) is 33.0 Å². The van der Waals surface area contributed by atoms with E-state index >= 15 is 0 Å². The fourth-order valence-corrected chi connectivity index (χ4v) is 1.85. The molecule has 0 radical (unpaired) electrons. The first-order valence-corrected chi connectivity index (χ1v) is 6.14. The second kappa shape index (κ2) is 6.61. The van der Waals surface area contributed by atoms with Gasteiger partial charge in [-0.3, -0.25) is 0 Å². The Bertz CT molecular complexity index is 353. The molecule has 0 heterocycles. The smallest absolute Gasteiger partial charge is 0.119 e. The lowest BCUT2D eigenvalue weighted by Gasteiger charge is -2.39. The second-order valence-corrected chi connectivity index (χ2v) is 4.70. The van der Waals surface area contributed by atoms with Crippen molar-refractivity contribution in [1.29, 1.82) is 0 Å². The summed E-state index contributed by atoms with van der Waals surface area (Å²) in [6, 6.07) is 8.00. The van der Waals surface area contributed by atoms with Crippen LogP contribution in [0.4, 0.5) is 5.69 Å². The predicted molar refractivity (Wildman–Crippen MR) is 75.3 cm³/mol. The molecule has 0 fully saturated rings. The Labute approximate surface area is 110 Å². The predicted octanol–water partition coefficient (Wildman–Crippen LogP) is 1.89. The Morgan fingerprint density at radius 3 is 2.28 bits per heavy atom. The van der Waals surface area contributed by atoms with Crippen LogP contribution in [-0.2, 0) is 4.74 Å². The van der Waals surface area contributed by atoms with Crippen LogP contribution in [0.2, 0.25) is 0 Å². The highest BCUT2D eigenvalue weighted by Gasteiger charge is 2.27. The van der Waals surface area contributed by atoms with Gasteiger partial charge in [-0.2, -0.15) is 0 Å². The van der Waals surface area contributed by atoms with Crippen molar-refractivity contribution in [3.8, 4) is 5.75 Å². The van der Waals surface area contributed by atoms with E-state index in [4.69, 9.17) is 15.2 Å². The zero-order valence-corrected chi connectivity index (χ0v) is 11.8. The first-order valence-electron chi connectivity index (χ1n) is 6.14. The number of rotatable bonds is 7. The maximum absolute atomic E-state index is 5.92. The molecule has 1 unspecified atom stereocenters. The van der Waals surface area contributed by atoms with Gasteiger partial charge in [-0.1, -0.05) is 0 Å². The molecule has 0 aliphatic carbocycles. The van der Waals surface area contributed by atoms with Crippen LogP contribution >= 0.6 is 0 Å². The maximum Gasteiger partial charge on any atom is 0.119 e. The molecule has 0 aliphatic rings. The third kappa shape index (κ3) is 3.37. The molecule has 0 bridgehead atoms. The summed E-state index contributed by atoms with van der Waals surface area (Å²) in [4.78, 5) is 2.20. The molecule has 1 rings (SSSR count). The third-order valence-electron chi connectivity index (χ3n) is 3.55. The topological polar surface area (TPSA) is 47.7 Å². The number of methoxy groups -OCH3 is 2. The molecule has 0 saturated carbocycles. The molecule has 1 aromatic carbocycles. The van der Waals surface area contributed by atoms with Gasteiger partial charge in [-0.25, -0.2) is 0 Å². The first-order chi connectivity index (χ1) is 8.57. The van der Waals surface area contributed by atoms with Gasteiger partial charge >= 0.3 is 0 Å². The van der Waals surface area contributed by atoms with Crippen molar-refractivity contribution in [2.45, 2.75) is 18.9 Å². The van der Waals surface area contributed by atoms with E-state index in [-0.39, 0.29) is 5.54 Å². The third-order valence-corrected chi connectivity index (χ3v) is 3.55. The molecular weight excluding hydrogens is 228 g/mol. The van der Waals surface area contributed by atoms with Crippen LogP contribution in [0, 0.1) is 0 Å². The van der Waals surface area contributed by atoms with E-state index in [1.54, 1.807) is 14.2 Å². The van der Waals surface area contributed by atoms with Crippen LogP contribution in [0.5, 0.6) is 5.75 Å². The van der Waals surface area contributed by atoms with Crippen LogP contribution in [0.25, 0.3) is 0 Å². The Kier molecular flexibility index (Phi) is 5.44. The Morgan fingerprint density at radius 2 is 1.83 bits per heavy atom. The minimum Gasteiger partial charge on any atom is -0.497 e. The van der Waals surface area contributed by atoms with Crippen molar-refractivity contribution in [2.24, 2.45) is 5.73 Å². The number of likely N-dealkylation sites (N-methyl/N-ethyl adjacent to an activating group) is 1. The van der Waals surface area contributed by atoms with Crippen molar-refractivity contribution < 1.29 is 9.47 Å². The summed E-state index contributed by atoms with van der Waals surface area (Å²) in [6.45, 7) is 3.43. The Hall–Kier alpha value is -1.26. The van der Waals surface area contributed by atoms with Gasteiger partial charge in [-0.05, 0) is 37.6 Å². The van der Waals surface area contributed by atoms with Gasteiger partial charge < -0.3 is 20.1 Å². The lowest BCUT2D eigenvalue weighted by atomic mass is 9.95. The highest BCUT2D eigenvalue weighted by Crippen LogP contribution is 2.26. The summed E-state index contributed by atoms with van der Waals surface area (Å²) in [5, 5.41) is 0. The zero-order valence-electron chi connectivity index (χ0n) is 11.8. The van der Waals surface area contributed by atoms with Gasteiger partial charge in [0.15, 0.2) is 0 Å². The summed E-state index contributed by atoms with van der Waals surface area (Å²) in [5.74, 6) is 0.860. The quantitative estimate of drug-likeness (QED) is 0.805. The molecule has 1 atom stereocenters. The van der Waals surface area contributed by atoms with Crippen LogP contribution in [0.3, 0.4) is 0 Å². The van der Waals surface area contributed by atoms with Crippen LogP contribution in [-0.4, -0.2) is 40.0 Å². The minimum atomic E-state index is -0.107. The van der Waals surface area contributed by atoms with Crippen molar-refractivity contribution in [3.05, 3.63) is 24.3 Å². The lowest BCUT2D eigenvalue weighted by Crippen LogP contribution is -2.50. The van der Waals surface area contributed by atoms with Crippen molar-refractivity contribution in [2.75, 3.05) is 39.3 Å². The lowest BCUT2D eigenvalue weighted by molar-refractivity contribution is 0.172. The molecule has 18 heavy (non-hydrogen) atoms. The van der Waals surface area contributed by atoms with E-state index in [1.165, 1.54) is 0 Å². The molecule has 0 amide bonds. The monoisotopic (exact) mass is 252 g/mol. The standard InChI is InChI=1S/C14H24N2O2/c1-14(11-15,9-10-17-3)16(2)12-5-7-13(18-4)8-6-12/h5-8H,9-11,15H2,1-4H3. The summed E-state index contributed by atoms with van der Waals surface area (Å²) < 4.78 is 10.3. The number of ether oxygens (including phenoxy) is 2. The van der Waals surface area contributed by atoms with E-state index in [9.17, 15) is 0 Å². The fourth-order valence-electron chi connectivity index (χ4n) is 1.85. The number of nitrogens with zero attached hydrogens (tertiary/aromatic N) is 1. The van der Waals surface area contributed by atoms with Gasteiger partial charge in [0.25, 0.3) is 0 Å². The molecular formula is C14H24N2O2. The van der Waals surface area contributed by atoms with Crippen LogP contribution in [0.15, 0.2) is 24.3 Å². The van der Waals surface area contributed by atoms with Crippen LogP contribution in [0.1, 0.15) is 13.3 Å². The van der Waals surface area contributed by atoms with Gasteiger partial charge in [0.1, 0.15) is 5.75 Å². The van der Waals surface area contributed by atoms with E-state index in [0.29, 0.717) is 13.2 Å². The molecule has 4 nitrogen and oxygen atoms in total. The van der Waals surface area contributed by atoms with Crippen molar-refractivity contribution in [1.82, 2.24) is 0 Å². The van der Waals surface area contributed by atoms with Gasteiger partial charge in [-0.15, -0.1) is 0 Å². The normalized spacial score (nSPS) is 14.1. The van der Waals surface area contributed by atoms with E-state index in [0.717, 1.165) is 17.9 Å². The van der Waals surface area contributed by atoms with Crippen molar-refractivity contribution in [3.63, 3.8) is 0 Å². The number of nitrogens with two attached hydrogens (primary N) is 1.